The third-order valence-electron chi connectivity index (χ3n) is 3.88. The zero-order valence-corrected chi connectivity index (χ0v) is 13.2. The molecule has 1 aromatic rings. The summed E-state index contributed by atoms with van der Waals surface area (Å²) in [4.78, 5) is 14.1. The van der Waals surface area contributed by atoms with Crippen LogP contribution in [0, 0.1) is 0 Å². The molecule has 0 spiro atoms. The van der Waals surface area contributed by atoms with Crippen molar-refractivity contribution in [2.45, 2.75) is 38.4 Å². The van der Waals surface area contributed by atoms with Gasteiger partial charge in [-0.3, -0.25) is 9.69 Å². The number of hydrogen-bond donors (Lipinski definition) is 1. The summed E-state index contributed by atoms with van der Waals surface area (Å²) < 4.78 is 10.6. The minimum absolute atomic E-state index is 0.0903. The number of hydrogen-bond acceptors (Lipinski definition) is 4. The summed E-state index contributed by atoms with van der Waals surface area (Å²) in [5, 5.41) is 3.04. The molecule has 116 valence electrons. The Bertz CT molecular complexity index is 500. The maximum absolute atomic E-state index is 12.1. The predicted octanol–water partition coefficient (Wildman–Crippen LogP) is 1.80. The molecule has 1 aliphatic rings. The van der Waals surface area contributed by atoms with Crippen molar-refractivity contribution >= 4 is 5.91 Å². The maximum Gasteiger partial charge on any atom is 0.237 e. The topological polar surface area (TPSA) is 50.8 Å². The Labute approximate surface area is 126 Å². The van der Waals surface area contributed by atoms with E-state index in [1.807, 2.05) is 37.1 Å². The van der Waals surface area contributed by atoms with Crippen LogP contribution in [0.1, 0.15) is 25.3 Å². The Kier molecular flexibility index (Phi) is 5.07. The van der Waals surface area contributed by atoms with E-state index in [0.717, 1.165) is 29.9 Å². The van der Waals surface area contributed by atoms with Crippen LogP contribution in [-0.4, -0.2) is 44.2 Å². The van der Waals surface area contributed by atoms with Crippen LogP contribution in [-0.2, 0) is 11.3 Å². The maximum atomic E-state index is 12.1. The average Bonchev–Trinajstić information content (AvgIpc) is 3.30. The van der Waals surface area contributed by atoms with Gasteiger partial charge < -0.3 is 14.8 Å². The second-order valence-corrected chi connectivity index (χ2v) is 5.55. The standard InChI is InChI=1S/C16H24N2O3/c1-11(16(19)17-13-6-7-13)18(2)10-12-5-8-14(20-3)9-15(12)21-4/h5,8-9,11,13H,6-7,10H2,1-4H3,(H,17,19)/t11-/m1/s1. The van der Waals surface area contributed by atoms with Crippen molar-refractivity contribution in [1.29, 1.82) is 0 Å². The fraction of sp³-hybridized carbons (Fsp3) is 0.562. The van der Waals surface area contributed by atoms with Crippen molar-refractivity contribution in [2.75, 3.05) is 21.3 Å². The van der Waals surface area contributed by atoms with Gasteiger partial charge in [0, 0.05) is 24.2 Å². The molecule has 1 atom stereocenters. The molecule has 1 aromatic carbocycles. The summed E-state index contributed by atoms with van der Waals surface area (Å²) in [7, 11) is 5.22. The molecule has 0 heterocycles. The average molecular weight is 292 g/mol. The van der Waals surface area contributed by atoms with Crippen molar-refractivity contribution in [3.63, 3.8) is 0 Å². The summed E-state index contributed by atoms with van der Waals surface area (Å²) in [6, 6.07) is 5.96. The lowest BCUT2D eigenvalue weighted by atomic mass is 10.1. The molecule has 1 fully saturated rings. The molecule has 1 amide bonds. The number of methoxy groups -OCH3 is 2. The third kappa shape index (κ3) is 4.11. The van der Waals surface area contributed by atoms with Crippen molar-refractivity contribution in [3.8, 4) is 11.5 Å². The van der Waals surface area contributed by atoms with E-state index in [1.165, 1.54) is 0 Å². The highest BCUT2D eigenvalue weighted by Gasteiger charge is 2.27. The Balaban J connectivity index is 2.00. The molecular weight excluding hydrogens is 268 g/mol. The predicted molar refractivity (Wildman–Crippen MR) is 81.6 cm³/mol. The van der Waals surface area contributed by atoms with E-state index in [4.69, 9.17) is 9.47 Å². The van der Waals surface area contributed by atoms with Crippen LogP contribution in [0.15, 0.2) is 18.2 Å². The van der Waals surface area contributed by atoms with Crippen LogP contribution in [0.3, 0.4) is 0 Å². The minimum atomic E-state index is -0.169. The van der Waals surface area contributed by atoms with E-state index < -0.39 is 0 Å². The molecule has 5 heteroatoms. The van der Waals surface area contributed by atoms with Gasteiger partial charge in [-0.1, -0.05) is 6.07 Å². The van der Waals surface area contributed by atoms with E-state index >= 15 is 0 Å². The highest BCUT2D eigenvalue weighted by atomic mass is 16.5. The van der Waals surface area contributed by atoms with Gasteiger partial charge in [-0.05, 0) is 32.9 Å². The smallest absolute Gasteiger partial charge is 0.237 e. The van der Waals surface area contributed by atoms with Crippen molar-refractivity contribution in [1.82, 2.24) is 10.2 Å². The van der Waals surface area contributed by atoms with Crippen molar-refractivity contribution in [3.05, 3.63) is 23.8 Å². The highest BCUT2D eigenvalue weighted by molar-refractivity contribution is 5.81. The molecule has 1 saturated carbocycles. The Morgan fingerprint density at radius 3 is 2.67 bits per heavy atom. The summed E-state index contributed by atoms with van der Waals surface area (Å²) >= 11 is 0. The molecule has 0 aliphatic heterocycles. The lowest BCUT2D eigenvalue weighted by Crippen LogP contribution is -2.43. The second-order valence-electron chi connectivity index (χ2n) is 5.55. The number of likely N-dealkylation sites (N-methyl/N-ethyl adjacent to an activating group) is 1. The second kappa shape index (κ2) is 6.80. The number of benzene rings is 1. The molecule has 5 nitrogen and oxygen atoms in total. The molecule has 1 aliphatic carbocycles. The third-order valence-corrected chi connectivity index (χ3v) is 3.88. The fourth-order valence-corrected chi connectivity index (χ4v) is 2.14. The lowest BCUT2D eigenvalue weighted by molar-refractivity contribution is -0.125. The van der Waals surface area contributed by atoms with Gasteiger partial charge in [0.05, 0.1) is 20.3 Å². The summed E-state index contributed by atoms with van der Waals surface area (Å²) in [5.41, 5.74) is 1.03. The fourth-order valence-electron chi connectivity index (χ4n) is 2.14. The first-order chi connectivity index (χ1) is 10.0. The van der Waals surface area contributed by atoms with Crippen LogP contribution in [0.5, 0.6) is 11.5 Å². The number of nitrogens with one attached hydrogen (secondary N) is 1. The van der Waals surface area contributed by atoms with E-state index in [9.17, 15) is 4.79 Å². The van der Waals surface area contributed by atoms with Crippen LogP contribution < -0.4 is 14.8 Å². The Morgan fingerprint density at radius 2 is 2.10 bits per heavy atom. The van der Waals surface area contributed by atoms with Gasteiger partial charge in [0.2, 0.25) is 5.91 Å². The molecule has 21 heavy (non-hydrogen) atoms. The van der Waals surface area contributed by atoms with Crippen LogP contribution in [0.25, 0.3) is 0 Å². The first-order valence-electron chi connectivity index (χ1n) is 7.26. The Morgan fingerprint density at radius 1 is 1.38 bits per heavy atom. The molecule has 0 aromatic heterocycles. The van der Waals surface area contributed by atoms with Crippen LogP contribution in [0.2, 0.25) is 0 Å². The van der Waals surface area contributed by atoms with Crippen LogP contribution in [0.4, 0.5) is 0 Å². The molecular formula is C16H24N2O3. The van der Waals surface area contributed by atoms with Crippen molar-refractivity contribution < 1.29 is 14.3 Å². The number of ether oxygens (including phenoxy) is 2. The van der Waals surface area contributed by atoms with Gasteiger partial charge in [-0.25, -0.2) is 0 Å². The summed E-state index contributed by atoms with van der Waals surface area (Å²) in [6.45, 7) is 2.57. The molecule has 0 radical (unpaired) electrons. The minimum Gasteiger partial charge on any atom is -0.497 e. The molecule has 0 unspecified atom stereocenters. The van der Waals surface area contributed by atoms with E-state index in [0.29, 0.717) is 12.6 Å². The van der Waals surface area contributed by atoms with Gasteiger partial charge in [0.15, 0.2) is 0 Å². The molecule has 0 saturated heterocycles. The van der Waals surface area contributed by atoms with Gasteiger partial charge in [-0.15, -0.1) is 0 Å². The number of rotatable bonds is 7. The first kappa shape index (κ1) is 15.6. The zero-order valence-electron chi connectivity index (χ0n) is 13.2. The monoisotopic (exact) mass is 292 g/mol. The molecule has 1 N–H and O–H groups in total. The number of amides is 1. The Hall–Kier alpha value is -1.75. The highest BCUT2D eigenvalue weighted by Crippen LogP contribution is 2.26. The number of nitrogens with zero attached hydrogens (tertiary/aromatic N) is 1. The number of carbonyl (C=O) groups excluding carboxylic acids is 1. The lowest BCUT2D eigenvalue weighted by Gasteiger charge is -2.24. The van der Waals surface area contributed by atoms with E-state index in [1.54, 1.807) is 14.2 Å². The van der Waals surface area contributed by atoms with Gasteiger partial charge in [0.1, 0.15) is 11.5 Å². The summed E-state index contributed by atoms with van der Waals surface area (Å²) in [5.74, 6) is 1.63. The first-order valence-corrected chi connectivity index (χ1v) is 7.26. The molecule has 0 bridgehead atoms. The van der Waals surface area contributed by atoms with Gasteiger partial charge >= 0.3 is 0 Å². The summed E-state index contributed by atoms with van der Waals surface area (Å²) in [6.07, 6.45) is 2.21. The largest absolute Gasteiger partial charge is 0.497 e. The number of carbonyl (C=O) groups is 1. The van der Waals surface area contributed by atoms with E-state index in [2.05, 4.69) is 5.32 Å². The quantitative estimate of drug-likeness (QED) is 0.832. The van der Waals surface area contributed by atoms with E-state index in [-0.39, 0.29) is 11.9 Å². The van der Waals surface area contributed by atoms with Crippen LogP contribution >= 0.6 is 0 Å². The zero-order chi connectivity index (χ0) is 15.4. The normalized spacial score (nSPS) is 15.7. The van der Waals surface area contributed by atoms with Crippen molar-refractivity contribution in [2.24, 2.45) is 0 Å². The SMILES string of the molecule is COc1ccc(CN(C)[C@H](C)C(=O)NC2CC2)c(OC)c1. The van der Waals surface area contributed by atoms with Gasteiger partial charge in [0.25, 0.3) is 0 Å². The molecule has 2 rings (SSSR count). The van der Waals surface area contributed by atoms with Gasteiger partial charge in [-0.2, -0.15) is 0 Å².